The summed E-state index contributed by atoms with van der Waals surface area (Å²) in [5, 5.41) is 14.2. The van der Waals surface area contributed by atoms with E-state index >= 15 is 0 Å². The van der Waals surface area contributed by atoms with Crippen molar-refractivity contribution < 1.29 is 14.7 Å². The van der Waals surface area contributed by atoms with Crippen LogP contribution < -0.4 is 21.7 Å². The highest BCUT2D eigenvalue weighted by Crippen LogP contribution is 2.34. The van der Waals surface area contributed by atoms with Gasteiger partial charge in [-0.2, -0.15) is 0 Å². The molecule has 0 unspecified atom stereocenters. The van der Waals surface area contributed by atoms with E-state index in [0.717, 1.165) is 29.7 Å². The molecule has 8 nitrogen and oxygen atoms in total. The number of thiophene rings is 1. The van der Waals surface area contributed by atoms with Gasteiger partial charge in [0.2, 0.25) is 5.91 Å². The van der Waals surface area contributed by atoms with Gasteiger partial charge in [0.1, 0.15) is 11.4 Å². The van der Waals surface area contributed by atoms with E-state index in [2.05, 4.69) is 5.32 Å². The number of carboxylic acids is 1. The minimum atomic E-state index is -1.53. The molecule has 0 fully saturated rings. The Kier molecular flexibility index (Phi) is 5.06. The van der Waals surface area contributed by atoms with Crippen LogP contribution in [-0.4, -0.2) is 21.0 Å². The summed E-state index contributed by atoms with van der Waals surface area (Å²) in [7, 11) is 0. The van der Waals surface area contributed by atoms with Gasteiger partial charge in [0.05, 0.1) is 17.9 Å². The summed E-state index contributed by atoms with van der Waals surface area (Å²) in [5.74, 6) is -1.97. The van der Waals surface area contributed by atoms with Gasteiger partial charge in [-0.05, 0) is 43.4 Å². The van der Waals surface area contributed by atoms with Gasteiger partial charge in [0, 0.05) is 10.6 Å². The summed E-state index contributed by atoms with van der Waals surface area (Å²) in [4.78, 5) is 50.9. The number of nitrogens with zero attached hydrogens (tertiary/aromatic N) is 2. The first-order valence-corrected chi connectivity index (χ1v) is 10.1. The van der Waals surface area contributed by atoms with E-state index in [9.17, 15) is 24.3 Å². The van der Waals surface area contributed by atoms with Crippen molar-refractivity contribution in [3.05, 3.63) is 61.6 Å². The summed E-state index contributed by atoms with van der Waals surface area (Å²) in [5.41, 5.74) is -0.0114. The topological polar surface area (TPSA) is 113 Å². The number of nitrogens with one attached hydrogen (secondary N) is 1. The first kappa shape index (κ1) is 19.1. The van der Waals surface area contributed by atoms with Crippen molar-refractivity contribution in [1.82, 2.24) is 9.13 Å². The Bertz CT molecular complexity index is 1220. The number of hydrogen-bond acceptors (Lipinski definition) is 6. The number of amides is 1. The van der Waals surface area contributed by atoms with E-state index in [1.54, 1.807) is 24.3 Å². The number of carboxylic acid groups (broad SMARTS) is 1. The summed E-state index contributed by atoms with van der Waals surface area (Å²) >= 11 is 1.34. The zero-order valence-electron chi connectivity index (χ0n) is 15.5. The Balaban J connectivity index is 1.84. The molecule has 0 saturated heterocycles. The second-order valence-corrected chi connectivity index (χ2v) is 8.02. The van der Waals surface area contributed by atoms with Gasteiger partial charge in [0.15, 0.2) is 0 Å². The van der Waals surface area contributed by atoms with E-state index in [0.29, 0.717) is 26.9 Å². The molecule has 0 bridgehead atoms. The van der Waals surface area contributed by atoms with Crippen molar-refractivity contribution in [2.45, 2.75) is 38.8 Å². The van der Waals surface area contributed by atoms with Crippen LogP contribution in [0.4, 0.5) is 5.69 Å². The van der Waals surface area contributed by atoms with Crippen LogP contribution in [0.5, 0.6) is 0 Å². The van der Waals surface area contributed by atoms with E-state index in [-0.39, 0.29) is 6.54 Å². The molecule has 29 heavy (non-hydrogen) atoms. The van der Waals surface area contributed by atoms with Crippen LogP contribution >= 0.6 is 11.3 Å². The molecule has 0 saturated carbocycles. The number of hydrogen-bond donors (Lipinski definition) is 1. The SMILES string of the molecule is O=C([O-])Cn1c(=O)c2c3c(sc2n(CC(=O)Nc2ccccc2)c1=O)CCCC3. The number of anilines is 1. The van der Waals surface area contributed by atoms with Crippen LogP contribution in [0.1, 0.15) is 23.3 Å². The first-order chi connectivity index (χ1) is 14.0. The molecule has 9 heteroatoms. The van der Waals surface area contributed by atoms with Gasteiger partial charge >= 0.3 is 5.69 Å². The Morgan fingerprint density at radius 2 is 1.76 bits per heavy atom. The fourth-order valence-corrected chi connectivity index (χ4v) is 5.06. The lowest BCUT2D eigenvalue weighted by Crippen LogP contribution is -2.45. The molecule has 0 atom stereocenters. The van der Waals surface area contributed by atoms with Crippen molar-refractivity contribution in [3.63, 3.8) is 0 Å². The van der Waals surface area contributed by atoms with Crippen LogP contribution in [0.15, 0.2) is 39.9 Å². The molecule has 2 heterocycles. The quantitative estimate of drug-likeness (QED) is 0.655. The molecule has 0 aliphatic heterocycles. The maximum Gasteiger partial charge on any atom is 0.332 e. The molecule has 0 spiro atoms. The smallest absolute Gasteiger partial charge is 0.332 e. The van der Waals surface area contributed by atoms with E-state index < -0.39 is 29.7 Å². The molecule has 4 rings (SSSR count). The predicted molar refractivity (Wildman–Crippen MR) is 107 cm³/mol. The molecule has 0 radical (unpaired) electrons. The Morgan fingerprint density at radius 3 is 2.48 bits per heavy atom. The number of para-hydroxylation sites is 1. The largest absolute Gasteiger partial charge is 0.548 e. The lowest BCUT2D eigenvalue weighted by molar-refractivity contribution is -0.306. The van der Waals surface area contributed by atoms with Crippen LogP contribution in [0.3, 0.4) is 0 Å². The third kappa shape index (κ3) is 3.61. The van der Waals surface area contributed by atoms with Gasteiger partial charge < -0.3 is 15.2 Å². The Morgan fingerprint density at radius 1 is 1.03 bits per heavy atom. The summed E-state index contributed by atoms with van der Waals surface area (Å²) in [6, 6.07) is 8.80. The summed E-state index contributed by atoms with van der Waals surface area (Å²) in [6.07, 6.45) is 3.42. The maximum atomic E-state index is 12.9. The second kappa shape index (κ2) is 7.67. The zero-order chi connectivity index (χ0) is 20.5. The Hall–Kier alpha value is -3.20. The van der Waals surface area contributed by atoms with Gasteiger partial charge in [-0.3, -0.25) is 18.7 Å². The van der Waals surface area contributed by atoms with Gasteiger partial charge in [-0.25, -0.2) is 4.79 Å². The van der Waals surface area contributed by atoms with Crippen molar-refractivity contribution in [1.29, 1.82) is 0 Å². The predicted octanol–water partition coefficient (Wildman–Crippen LogP) is 0.492. The highest BCUT2D eigenvalue weighted by molar-refractivity contribution is 7.18. The van der Waals surface area contributed by atoms with Crippen LogP contribution in [-0.2, 0) is 35.5 Å². The average Bonchev–Trinajstić information content (AvgIpc) is 3.08. The van der Waals surface area contributed by atoms with E-state index in [4.69, 9.17) is 0 Å². The van der Waals surface area contributed by atoms with Gasteiger partial charge in [-0.1, -0.05) is 18.2 Å². The molecule has 1 N–H and O–H groups in total. The minimum absolute atomic E-state index is 0.322. The number of aliphatic carboxylic acids is 1. The first-order valence-electron chi connectivity index (χ1n) is 9.28. The molecule has 1 aromatic carbocycles. The molecule has 2 aromatic heterocycles. The fourth-order valence-electron chi connectivity index (χ4n) is 3.69. The lowest BCUT2D eigenvalue weighted by atomic mass is 9.97. The third-order valence-corrected chi connectivity index (χ3v) is 6.28. The highest BCUT2D eigenvalue weighted by atomic mass is 32.1. The standard InChI is InChI=1S/C20H19N3O5S/c24-15(21-12-6-2-1-3-7-12)10-23-19-17(13-8-4-5-9-14(13)29-19)18(27)22(20(23)28)11-16(25)26/h1-3,6-7H,4-5,8-11H2,(H,21,24)(H,25,26)/p-1. The molecule has 1 aliphatic rings. The Labute approximate surface area is 169 Å². The molecule has 1 aliphatic carbocycles. The lowest BCUT2D eigenvalue weighted by Gasteiger charge is -2.13. The second-order valence-electron chi connectivity index (χ2n) is 6.94. The van der Waals surface area contributed by atoms with Crippen LogP contribution in [0, 0.1) is 0 Å². The van der Waals surface area contributed by atoms with E-state index in [1.165, 1.54) is 15.9 Å². The zero-order valence-corrected chi connectivity index (χ0v) is 16.3. The van der Waals surface area contributed by atoms with Gasteiger partial charge in [-0.15, -0.1) is 11.3 Å². The van der Waals surface area contributed by atoms with Crippen molar-refractivity contribution in [2.75, 3.05) is 5.32 Å². The van der Waals surface area contributed by atoms with E-state index in [1.807, 2.05) is 6.07 Å². The molecule has 150 valence electrons. The number of rotatable bonds is 5. The normalized spacial score (nSPS) is 13.2. The van der Waals surface area contributed by atoms with Crippen LogP contribution in [0.25, 0.3) is 10.2 Å². The molecule has 1 amide bonds. The highest BCUT2D eigenvalue weighted by Gasteiger charge is 2.24. The number of benzene rings is 1. The van der Waals surface area contributed by atoms with Gasteiger partial charge in [0.25, 0.3) is 5.56 Å². The van der Waals surface area contributed by atoms with Crippen LogP contribution in [0.2, 0.25) is 0 Å². The number of carbonyl (C=O) groups is 2. The monoisotopic (exact) mass is 412 g/mol. The third-order valence-electron chi connectivity index (χ3n) is 4.97. The molecular weight excluding hydrogens is 394 g/mol. The fraction of sp³-hybridized carbons (Fsp3) is 0.300. The summed E-state index contributed by atoms with van der Waals surface area (Å²) in [6.45, 7) is -1.17. The molecule has 3 aromatic rings. The number of aryl methyl sites for hydroxylation is 2. The number of aromatic nitrogens is 2. The van der Waals surface area contributed by atoms with Crippen molar-refractivity contribution in [2.24, 2.45) is 0 Å². The number of carbonyl (C=O) groups excluding carboxylic acids is 2. The summed E-state index contributed by atoms with van der Waals surface area (Å²) < 4.78 is 1.84. The maximum absolute atomic E-state index is 12.9. The minimum Gasteiger partial charge on any atom is -0.548 e. The van der Waals surface area contributed by atoms with Crippen molar-refractivity contribution in [3.8, 4) is 0 Å². The number of fused-ring (bicyclic) bond motifs is 3. The van der Waals surface area contributed by atoms with Crippen molar-refractivity contribution >= 4 is 39.1 Å². The molecular formula is C20H18N3O5S-. The average molecular weight is 412 g/mol.